The van der Waals surface area contributed by atoms with Crippen molar-refractivity contribution < 1.29 is 39.6 Å². The molecule has 40 heavy (non-hydrogen) atoms. The van der Waals surface area contributed by atoms with Crippen LogP contribution in [0, 0.1) is 11.8 Å². The molecule has 2 aromatic rings. The van der Waals surface area contributed by atoms with E-state index in [-0.39, 0.29) is 55.3 Å². The fourth-order valence-corrected chi connectivity index (χ4v) is 5.91. The molecule has 1 aromatic carbocycles. The summed E-state index contributed by atoms with van der Waals surface area (Å²) in [4.78, 5) is 16.4. The zero-order valence-corrected chi connectivity index (χ0v) is 22.8. The van der Waals surface area contributed by atoms with Crippen molar-refractivity contribution in [2.75, 3.05) is 35.5 Å². The van der Waals surface area contributed by atoms with Crippen LogP contribution in [0.25, 0.3) is 0 Å². The van der Waals surface area contributed by atoms with Crippen LogP contribution in [0.15, 0.2) is 30.5 Å². The van der Waals surface area contributed by atoms with Crippen LogP contribution in [0.1, 0.15) is 48.5 Å². The molecule has 0 bridgehead atoms. The number of nitrogens with one attached hydrogen (secondary N) is 1. The molecule has 0 saturated carbocycles. The molecule has 2 aliphatic heterocycles. The van der Waals surface area contributed by atoms with Crippen molar-refractivity contribution in [2.24, 2.45) is 11.8 Å². The maximum atomic E-state index is 13.8. The first-order chi connectivity index (χ1) is 18.5. The molecule has 1 aromatic heterocycles. The Kier molecular flexibility index (Phi) is 8.46. The highest BCUT2D eigenvalue weighted by molar-refractivity contribution is 7.92. The van der Waals surface area contributed by atoms with Crippen molar-refractivity contribution >= 4 is 27.4 Å². The smallest absolute Gasteiger partial charge is 0.371 e. The lowest BCUT2D eigenvalue weighted by atomic mass is 9.90. The highest BCUT2D eigenvalue weighted by atomic mass is 32.2. The number of nitrogens with zero attached hydrogens (tertiary/aromatic N) is 4. The zero-order valence-electron chi connectivity index (χ0n) is 22.0. The van der Waals surface area contributed by atoms with Gasteiger partial charge in [0.25, 0.3) is 0 Å². The first-order valence-electron chi connectivity index (χ1n) is 12.8. The first kappa shape index (κ1) is 30.2. The maximum Gasteiger partial charge on any atom is 0.418 e. The summed E-state index contributed by atoms with van der Waals surface area (Å²) in [7, 11) is -3.54. The number of carbonyl (C=O) groups excluding carboxylic acids is 1. The molecule has 2 fully saturated rings. The van der Waals surface area contributed by atoms with E-state index in [2.05, 4.69) is 9.82 Å². The number of rotatable bonds is 6. The largest absolute Gasteiger partial charge is 0.418 e. The molecule has 2 saturated heterocycles. The van der Waals surface area contributed by atoms with Gasteiger partial charge < -0.3 is 4.90 Å². The molecule has 3 heterocycles. The van der Waals surface area contributed by atoms with E-state index < -0.39 is 33.9 Å². The average molecular weight is 596 g/mol. The minimum absolute atomic E-state index is 0.0297. The van der Waals surface area contributed by atoms with Gasteiger partial charge in [-0.1, -0.05) is 6.07 Å². The SMILES string of the molecule is C[C@H]1CC(C(=O)n2ccc(NS(C)(=O)=O)n2)CCN1Cc1ccc(C(F)(F)F)c(N2CCC(C(F)(F)F)CC2)c1. The van der Waals surface area contributed by atoms with Crippen LogP contribution in [-0.2, 0) is 22.7 Å². The summed E-state index contributed by atoms with van der Waals surface area (Å²) in [5.41, 5.74) is -0.385. The lowest BCUT2D eigenvalue weighted by Gasteiger charge is -2.38. The van der Waals surface area contributed by atoms with Crippen molar-refractivity contribution in [2.45, 2.75) is 57.5 Å². The van der Waals surface area contributed by atoms with Crippen LogP contribution >= 0.6 is 0 Å². The van der Waals surface area contributed by atoms with Crippen LogP contribution < -0.4 is 9.62 Å². The van der Waals surface area contributed by atoms with Gasteiger partial charge in [0.15, 0.2) is 5.82 Å². The Hall–Kier alpha value is -2.81. The maximum absolute atomic E-state index is 13.8. The minimum atomic E-state index is -4.65. The summed E-state index contributed by atoms with van der Waals surface area (Å²) in [6.07, 6.45) is -6.24. The second-order valence-electron chi connectivity index (χ2n) is 10.6. The second-order valence-corrected chi connectivity index (χ2v) is 12.3. The molecule has 0 amide bonds. The highest BCUT2D eigenvalue weighted by Gasteiger charge is 2.42. The highest BCUT2D eigenvalue weighted by Crippen LogP contribution is 2.41. The van der Waals surface area contributed by atoms with Crippen LogP contribution in [0.5, 0.6) is 0 Å². The lowest BCUT2D eigenvalue weighted by molar-refractivity contribution is -0.179. The van der Waals surface area contributed by atoms with Crippen molar-refractivity contribution in [3.05, 3.63) is 41.6 Å². The normalized spacial score (nSPS) is 21.9. The van der Waals surface area contributed by atoms with E-state index in [9.17, 15) is 39.6 Å². The average Bonchev–Trinajstić information content (AvgIpc) is 3.30. The van der Waals surface area contributed by atoms with E-state index in [1.165, 1.54) is 29.3 Å². The number of benzene rings is 1. The monoisotopic (exact) mass is 595 g/mol. The third-order valence-corrected chi connectivity index (χ3v) is 8.10. The van der Waals surface area contributed by atoms with Gasteiger partial charge in [0.1, 0.15) is 0 Å². The Morgan fingerprint density at radius 3 is 2.30 bits per heavy atom. The van der Waals surface area contributed by atoms with E-state index in [0.29, 0.717) is 31.5 Å². The fourth-order valence-electron chi connectivity index (χ4n) is 5.42. The number of aromatic nitrogens is 2. The number of sulfonamides is 1. The predicted molar refractivity (Wildman–Crippen MR) is 136 cm³/mol. The Balaban J connectivity index is 1.43. The Labute approximate surface area is 228 Å². The van der Waals surface area contributed by atoms with Gasteiger partial charge in [0.05, 0.1) is 17.7 Å². The molecule has 222 valence electrons. The van der Waals surface area contributed by atoms with Gasteiger partial charge in [-0.25, -0.2) is 13.1 Å². The summed E-state index contributed by atoms with van der Waals surface area (Å²) in [5.74, 6) is -2.15. The molecular formula is C25H31F6N5O3S. The molecule has 1 N–H and O–H groups in total. The van der Waals surface area contributed by atoms with Gasteiger partial charge in [-0.2, -0.15) is 26.3 Å². The van der Waals surface area contributed by atoms with Crippen LogP contribution in [0.2, 0.25) is 0 Å². The Morgan fingerprint density at radius 1 is 1.05 bits per heavy atom. The Bertz CT molecular complexity index is 1320. The number of hydrogen-bond acceptors (Lipinski definition) is 6. The van der Waals surface area contributed by atoms with Crippen LogP contribution in [0.3, 0.4) is 0 Å². The number of hydrogen-bond donors (Lipinski definition) is 1. The summed E-state index contributed by atoms with van der Waals surface area (Å²) >= 11 is 0. The summed E-state index contributed by atoms with van der Waals surface area (Å²) in [5, 5.41) is 3.99. The second kappa shape index (κ2) is 11.2. The van der Waals surface area contributed by atoms with E-state index in [1.54, 1.807) is 0 Å². The van der Waals surface area contributed by atoms with Gasteiger partial charge in [-0.15, -0.1) is 5.10 Å². The van der Waals surface area contributed by atoms with Crippen molar-refractivity contribution in [3.8, 4) is 0 Å². The van der Waals surface area contributed by atoms with Crippen molar-refractivity contribution in [1.82, 2.24) is 14.7 Å². The number of anilines is 2. The third kappa shape index (κ3) is 7.28. The van der Waals surface area contributed by atoms with Crippen LogP contribution in [-0.4, -0.2) is 67.1 Å². The molecule has 1 unspecified atom stereocenters. The summed E-state index contributed by atoms with van der Waals surface area (Å²) in [6.45, 7) is 2.48. The van der Waals surface area contributed by atoms with Gasteiger partial charge in [-0.3, -0.25) is 14.4 Å². The van der Waals surface area contributed by atoms with Gasteiger partial charge in [0, 0.05) is 49.5 Å². The number of carbonyl (C=O) groups is 1. The third-order valence-electron chi connectivity index (χ3n) is 7.52. The molecule has 8 nitrogen and oxygen atoms in total. The van der Waals surface area contributed by atoms with Gasteiger partial charge in [0.2, 0.25) is 15.9 Å². The van der Waals surface area contributed by atoms with E-state index in [1.807, 2.05) is 11.8 Å². The van der Waals surface area contributed by atoms with Gasteiger partial charge in [-0.05, 0) is 56.8 Å². The number of piperidine rings is 2. The molecular weight excluding hydrogens is 564 g/mol. The van der Waals surface area contributed by atoms with Gasteiger partial charge >= 0.3 is 12.4 Å². The van der Waals surface area contributed by atoms with E-state index in [4.69, 9.17) is 0 Å². The molecule has 0 aliphatic carbocycles. The molecule has 0 spiro atoms. The molecule has 2 atom stereocenters. The van der Waals surface area contributed by atoms with E-state index in [0.717, 1.165) is 17.0 Å². The fraction of sp³-hybridized carbons (Fsp3) is 0.600. The van der Waals surface area contributed by atoms with E-state index >= 15 is 0 Å². The number of halogens is 6. The number of alkyl halides is 6. The van der Waals surface area contributed by atoms with Crippen LogP contribution in [0.4, 0.5) is 37.8 Å². The molecule has 4 rings (SSSR count). The standard InChI is InChI=1S/C25H31F6N5O3S/c1-16-13-18(23(37)36-12-8-22(32-36)33-40(2,38)39)5-9-35(16)15-17-3-4-20(25(29,30)31)21(14-17)34-10-6-19(7-11-34)24(26,27)28/h3-4,8,12,14,16,18-19H,5-7,9-11,13,15H2,1-2H3,(H,32,33)/t16-,18?/m0/s1. The first-order valence-corrected chi connectivity index (χ1v) is 14.7. The quantitative estimate of drug-likeness (QED) is 0.474. The summed E-state index contributed by atoms with van der Waals surface area (Å²) < 4.78 is 107. The lowest BCUT2D eigenvalue weighted by Crippen LogP contribution is -2.43. The van der Waals surface area contributed by atoms with Crippen molar-refractivity contribution in [1.29, 1.82) is 0 Å². The minimum Gasteiger partial charge on any atom is -0.371 e. The topological polar surface area (TPSA) is 87.5 Å². The van der Waals surface area contributed by atoms with Crippen molar-refractivity contribution in [3.63, 3.8) is 0 Å². The number of likely N-dealkylation sites (tertiary alicyclic amines) is 1. The summed E-state index contributed by atoms with van der Waals surface area (Å²) in [6, 6.07) is 5.08. The molecule has 15 heteroatoms. The predicted octanol–water partition coefficient (Wildman–Crippen LogP) is 4.99. The Morgan fingerprint density at radius 2 is 1.73 bits per heavy atom. The molecule has 2 aliphatic rings. The molecule has 0 radical (unpaired) electrons. The zero-order chi connectivity index (χ0) is 29.5.